The molecule has 0 radical (unpaired) electrons. The van der Waals surface area contributed by atoms with Crippen molar-refractivity contribution in [1.82, 2.24) is 0 Å². The molecule has 10 heavy (non-hydrogen) atoms. The van der Waals surface area contributed by atoms with Gasteiger partial charge in [0.25, 0.3) is 0 Å². The summed E-state index contributed by atoms with van der Waals surface area (Å²) in [6.07, 6.45) is 0.833. The van der Waals surface area contributed by atoms with Gasteiger partial charge in [-0.05, 0) is 0 Å². The highest BCUT2D eigenvalue weighted by Crippen LogP contribution is 1.54. The van der Waals surface area contributed by atoms with Crippen molar-refractivity contribution in [2.75, 3.05) is 6.54 Å². The van der Waals surface area contributed by atoms with Gasteiger partial charge in [-0.25, -0.2) is 4.79 Å². The molecular weight excluding hydrogens is 138 g/mol. The molecule has 5 nitrogen and oxygen atoms in total. The number of carbonyl (C=O) groups is 2. The van der Waals surface area contributed by atoms with Crippen LogP contribution in [-0.4, -0.2) is 28.7 Å². The number of carboxylic acids is 2. The number of aliphatic carboxylic acids is 2. The second kappa shape index (κ2) is 7.64. The van der Waals surface area contributed by atoms with E-state index in [-0.39, 0.29) is 6.54 Å². The van der Waals surface area contributed by atoms with E-state index in [0.717, 1.165) is 6.08 Å². The van der Waals surface area contributed by atoms with Crippen molar-refractivity contribution in [3.8, 4) is 0 Å². The minimum atomic E-state index is -0.981. The largest absolute Gasteiger partial charge is 0.480 e. The van der Waals surface area contributed by atoms with Crippen molar-refractivity contribution in [2.45, 2.75) is 0 Å². The smallest absolute Gasteiger partial charge is 0.327 e. The molecular formula is C5H9NO4. The third-order valence-electron chi connectivity index (χ3n) is 0.349. The van der Waals surface area contributed by atoms with Crippen molar-refractivity contribution in [1.29, 1.82) is 0 Å². The maximum Gasteiger partial charge on any atom is 0.327 e. The second-order valence-corrected chi connectivity index (χ2v) is 1.14. The highest BCUT2D eigenvalue weighted by Gasteiger charge is 1.81. The van der Waals surface area contributed by atoms with Gasteiger partial charge >= 0.3 is 11.9 Å². The quantitative estimate of drug-likeness (QED) is 0.448. The maximum atomic E-state index is 9.25. The van der Waals surface area contributed by atoms with Crippen LogP contribution in [0, 0.1) is 0 Å². The van der Waals surface area contributed by atoms with Crippen LogP contribution in [0.5, 0.6) is 0 Å². The van der Waals surface area contributed by atoms with E-state index in [1.165, 1.54) is 0 Å². The molecule has 0 aliphatic carbocycles. The van der Waals surface area contributed by atoms with Crippen LogP contribution >= 0.6 is 0 Å². The summed E-state index contributed by atoms with van der Waals surface area (Å²) in [6, 6.07) is 0. The monoisotopic (exact) mass is 147 g/mol. The maximum absolute atomic E-state index is 9.25. The SMILES string of the molecule is C=CC(=O)O.NCC(=O)O. The van der Waals surface area contributed by atoms with Gasteiger partial charge in [-0.2, -0.15) is 0 Å². The molecule has 0 saturated heterocycles. The van der Waals surface area contributed by atoms with E-state index in [2.05, 4.69) is 12.3 Å². The zero-order valence-electron chi connectivity index (χ0n) is 5.28. The summed E-state index contributed by atoms with van der Waals surface area (Å²) in [5.74, 6) is -1.95. The van der Waals surface area contributed by atoms with E-state index in [0.29, 0.717) is 0 Å². The van der Waals surface area contributed by atoms with Crippen molar-refractivity contribution in [3.05, 3.63) is 12.7 Å². The summed E-state index contributed by atoms with van der Waals surface area (Å²) < 4.78 is 0. The number of hydrogen-bond acceptors (Lipinski definition) is 3. The fourth-order valence-corrected chi connectivity index (χ4v) is 0. The molecule has 0 aromatic carbocycles. The first-order valence-electron chi connectivity index (χ1n) is 2.31. The van der Waals surface area contributed by atoms with Crippen molar-refractivity contribution >= 4 is 11.9 Å². The molecule has 0 spiro atoms. The van der Waals surface area contributed by atoms with Crippen LogP contribution in [0.15, 0.2) is 12.7 Å². The molecule has 0 heterocycles. The minimum Gasteiger partial charge on any atom is -0.480 e. The lowest BCUT2D eigenvalue weighted by atomic mass is 10.7. The van der Waals surface area contributed by atoms with E-state index in [4.69, 9.17) is 10.2 Å². The predicted molar refractivity (Wildman–Crippen MR) is 34.5 cm³/mol. The van der Waals surface area contributed by atoms with Gasteiger partial charge in [0, 0.05) is 6.08 Å². The van der Waals surface area contributed by atoms with Crippen LogP contribution in [0.1, 0.15) is 0 Å². The molecule has 0 bridgehead atoms. The van der Waals surface area contributed by atoms with Gasteiger partial charge in [0.2, 0.25) is 0 Å². The molecule has 58 valence electrons. The van der Waals surface area contributed by atoms with Crippen LogP contribution in [-0.2, 0) is 9.59 Å². The first-order chi connectivity index (χ1) is 4.54. The molecule has 4 N–H and O–H groups in total. The van der Waals surface area contributed by atoms with Gasteiger partial charge in [-0.3, -0.25) is 4.79 Å². The molecule has 0 aliphatic rings. The van der Waals surface area contributed by atoms with Gasteiger partial charge in [0.05, 0.1) is 6.54 Å². The second-order valence-electron chi connectivity index (χ2n) is 1.14. The Labute approximate surface area is 57.8 Å². The Kier molecular flexibility index (Phi) is 8.74. The lowest BCUT2D eigenvalue weighted by molar-refractivity contribution is -0.135. The summed E-state index contributed by atoms with van der Waals surface area (Å²) in [6.45, 7) is 2.68. The van der Waals surface area contributed by atoms with Crippen molar-refractivity contribution in [2.24, 2.45) is 5.73 Å². The minimum absolute atomic E-state index is 0.278. The molecule has 0 fully saturated rings. The predicted octanol–water partition coefficient (Wildman–Crippen LogP) is -0.713. The van der Waals surface area contributed by atoms with Gasteiger partial charge < -0.3 is 15.9 Å². The van der Waals surface area contributed by atoms with E-state index in [9.17, 15) is 9.59 Å². The molecule has 0 aromatic heterocycles. The van der Waals surface area contributed by atoms with Crippen LogP contribution in [0.3, 0.4) is 0 Å². The van der Waals surface area contributed by atoms with Gasteiger partial charge in [0.15, 0.2) is 0 Å². The number of nitrogens with two attached hydrogens (primary N) is 1. The van der Waals surface area contributed by atoms with Gasteiger partial charge in [0.1, 0.15) is 0 Å². The lowest BCUT2D eigenvalue weighted by Gasteiger charge is -1.73. The molecule has 5 heteroatoms. The third-order valence-corrected chi connectivity index (χ3v) is 0.349. The van der Waals surface area contributed by atoms with Crippen LogP contribution in [0.25, 0.3) is 0 Å². The Bertz CT molecular complexity index is 132. The Hall–Kier alpha value is -1.36. The molecule has 0 saturated carbocycles. The molecule has 0 atom stereocenters. The first kappa shape index (κ1) is 11.4. The number of carboxylic acid groups (broad SMARTS) is 2. The summed E-state index contributed by atoms with van der Waals surface area (Å²) in [5.41, 5.74) is 4.57. The van der Waals surface area contributed by atoms with Crippen LogP contribution < -0.4 is 5.73 Å². The Morgan fingerprint density at radius 3 is 1.70 bits per heavy atom. The number of rotatable bonds is 2. The molecule has 0 rings (SSSR count). The molecule has 0 aromatic rings. The first-order valence-corrected chi connectivity index (χ1v) is 2.31. The topological polar surface area (TPSA) is 101 Å². The van der Waals surface area contributed by atoms with Gasteiger partial charge in [-0.15, -0.1) is 0 Å². The normalized spacial score (nSPS) is 6.90. The molecule has 0 amide bonds. The zero-order valence-corrected chi connectivity index (χ0v) is 5.28. The standard InChI is InChI=1S/C3H4O2.C2H5NO2/c1-2-3(4)5;3-1-2(4)5/h2H,1H2,(H,4,5);1,3H2,(H,4,5). The fraction of sp³-hybridized carbons (Fsp3) is 0.200. The Morgan fingerprint density at radius 1 is 1.50 bits per heavy atom. The van der Waals surface area contributed by atoms with E-state index in [1.54, 1.807) is 0 Å². The lowest BCUT2D eigenvalue weighted by Crippen LogP contribution is -2.10. The summed E-state index contributed by atoms with van der Waals surface area (Å²) in [7, 11) is 0. The van der Waals surface area contributed by atoms with E-state index >= 15 is 0 Å². The highest BCUT2D eigenvalue weighted by molar-refractivity contribution is 5.78. The zero-order chi connectivity index (χ0) is 8.57. The molecule has 0 unspecified atom stereocenters. The summed E-state index contributed by atoms with van der Waals surface area (Å²) >= 11 is 0. The average molecular weight is 147 g/mol. The van der Waals surface area contributed by atoms with Crippen molar-refractivity contribution in [3.63, 3.8) is 0 Å². The van der Waals surface area contributed by atoms with Gasteiger partial charge in [-0.1, -0.05) is 6.58 Å². The van der Waals surface area contributed by atoms with E-state index < -0.39 is 11.9 Å². The highest BCUT2D eigenvalue weighted by atomic mass is 16.4. The van der Waals surface area contributed by atoms with Crippen molar-refractivity contribution < 1.29 is 19.8 Å². The summed E-state index contributed by atoms with van der Waals surface area (Å²) in [4.78, 5) is 18.5. The Balaban J connectivity index is 0. The third kappa shape index (κ3) is 30.3. The average Bonchev–Trinajstić information content (AvgIpc) is 1.89. The van der Waals surface area contributed by atoms with Crippen LogP contribution in [0.2, 0.25) is 0 Å². The fourth-order valence-electron chi connectivity index (χ4n) is 0. The Morgan fingerprint density at radius 2 is 1.70 bits per heavy atom. The van der Waals surface area contributed by atoms with E-state index in [1.807, 2.05) is 0 Å². The molecule has 0 aliphatic heterocycles. The number of hydrogen-bond donors (Lipinski definition) is 3. The van der Waals surface area contributed by atoms with Crippen LogP contribution in [0.4, 0.5) is 0 Å². The summed E-state index contributed by atoms with van der Waals surface area (Å²) in [5, 5.41) is 15.2.